The van der Waals surface area contributed by atoms with Crippen molar-refractivity contribution in [2.24, 2.45) is 5.92 Å². The van der Waals surface area contributed by atoms with Gasteiger partial charge in [0.25, 0.3) is 0 Å². The third kappa shape index (κ3) is 4.19. The van der Waals surface area contributed by atoms with Gasteiger partial charge < -0.3 is 14.4 Å². The van der Waals surface area contributed by atoms with Crippen LogP contribution in [-0.4, -0.2) is 31.1 Å². The smallest absolute Gasteiger partial charge is 0.321 e. The van der Waals surface area contributed by atoms with Crippen molar-refractivity contribution < 1.29 is 23.9 Å². The van der Waals surface area contributed by atoms with Crippen LogP contribution in [0.5, 0.6) is 0 Å². The normalized spacial score (nSPS) is 15.4. The minimum absolute atomic E-state index is 0.103. The maximum atomic E-state index is 13.5. The van der Waals surface area contributed by atoms with E-state index in [-0.39, 0.29) is 19.1 Å². The van der Waals surface area contributed by atoms with Gasteiger partial charge in [-0.2, -0.15) is 0 Å². The van der Waals surface area contributed by atoms with E-state index in [1.54, 1.807) is 24.8 Å². The predicted octanol–water partition coefficient (Wildman–Crippen LogP) is 3.82. The number of nitrogens with zero attached hydrogens (tertiary/aromatic N) is 1. The van der Waals surface area contributed by atoms with Crippen molar-refractivity contribution in [1.82, 2.24) is 0 Å². The van der Waals surface area contributed by atoms with Crippen LogP contribution in [-0.2, 0) is 30.4 Å². The van der Waals surface area contributed by atoms with Crippen molar-refractivity contribution in [2.75, 3.05) is 18.1 Å². The summed E-state index contributed by atoms with van der Waals surface area (Å²) in [6, 6.07) is 15.0. The molecular weight excluding hydrogens is 438 g/mol. The Hall–Kier alpha value is -2.67. The number of esters is 2. The molecule has 29 heavy (non-hydrogen) atoms. The highest BCUT2D eigenvalue weighted by molar-refractivity contribution is 9.10. The van der Waals surface area contributed by atoms with E-state index in [9.17, 15) is 14.4 Å². The molecule has 0 saturated carbocycles. The number of hydrogen-bond acceptors (Lipinski definition) is 5. The van der Waals surface area contributed by atoms with Crippen LogP contribution in [0.15, 0.2) is 53.0 Å². The minimum atomic E-state index is -1.36. The zero-order valence-electron chi connectivity index (χ0n) is 16.3. The highest BCUT2D eigenvalue weighted by Crippen LogP contribution is 2.46. The number of hydrogen-bond donors (Lipinski definition) is 0. The summed E-state index contributed by atoms with van der Waals surface area (Å²) >= 11 is 3.49. The van der Waals surface area contributed by atoms with Crippen LogP contribution >= 0.6 is 15.9 Å². The van der Waals surface area contributed by atoms with E-state index in [0.717, 1.165) is 5.56 Å². The highest BCUT2D eigenvalue weighted by Gasteiger charge is 2.50. The number of amides is 1. The van der Waals surface area contributed by atoms with Crippen LogP contribution in [0, 0.1) is 5.92 Å². The molecular formula is C22H22BrNO5. The van der Waals surface area contributed by atoms with Gasteiger partial charge in [-0.05, 0) is 31.5 Å². The molecule has 2 aromatic rings. The number of ether oxygens (including phenoxy) is 2. The number of fused-ring (bicyclic) bond motifs is 1. The van der Waals surface area contributed by atoms with Gasteiger partial charge in [-0.1, -0.05) is 52.3 Å². The molecule has 1 aliphatic heterocycles. The Bertz CT molecular complexity index is 897. The second-order valence-electron chi connectivity index (χ2n) is 6.54. The third-order valence-electron chi connectivity index (χ3n) is 4.76. The summed E-state index contributed by atoms with van der Waals surface area (Å²) in [6.45, 7) is 3.85. The molecule has 1 unspecified atom stereocenters. The summed E-state index contributed by atoms with van der Waals surface area (Å²) in [7, 11) is 0. The van der Waals surface area contributed by atoms with Crippen LogP contribution in [0.3, 0.4) is 0 Å². The van der Waals surface area contributed by atoms with E-state index in [0.29, 0.717) is 22.3 Å². The van der Waals surface area contributed by atoms with Gasteiger partial charge in [-0.15, -0.1) is 0 Å². The van der Waals surface area contributed by atoms with E-state index in [2.05, 4.69) is 15.9 Å². The molecule has 0 bridgehead atoms. The molecule has 1 heterocycles. The van der Waals surface area contributed by atoms with E-state index in [1.807, 2.05) is 42.5 Å². The van der Waals surface area contributed by atoms with Gasteiger partial charge in [0.1, 0.15) is 0 Å². The lowest BCUT2D eigenvalue weighted by Gasteiger charge is -2.21. The van der Waals surface area contributed by atoms with Gasteiger partial charge in [0.15, 0.2) is 5.92 Å². The molecule has 7 heteroatoms. The molecule has 1 amide bonds. The fourth-order valence-electron chi connectivity index (χ4n) is 3.55. The van der Waals surface area contributed by atoms with Gasteiger partial charge in [0.05, 0.1) is 25.7 Å². The van der Waals surface area contributed by atoms with Gasteiger partial charge in [0, 0.05) is 15.7 Å². The summed E-state index contributed by atoms with van der Waals surface area (Å²) in [5, 5.41) is 0. The molecule has 3 rings (SSSR count). The summed E-state index contributed by atoms with van der Waals surface area (Å²) in [6.07, 6.45) is 0. The third-order valence-corrected chi connectivity index (χ3v) is 5.45. The lowest BCUT2D eigenvalue weighted by atomic mass is 9.87. The van der Waals surface area contributed by atoms with Crippen molar-refractivity contribution in [3.8, 4) is 0 Å². The standard InChI is InChI=1S/C22H22BrNO5/c1-3-28-21(26)19(22(27)29-4-2)18-17-15(23)11-8-12-16(17)24(20(18)25)13-14-9-6-5-7-10-14/h5-12,18-19H,3-4,13H2,1-2H3. The first-order valence-electron chi connectivity index (χ1n) is 9.46. The maximum Gasteiger partial charge on any atom is 0.321 e. The second-order valence-corrected chi connectivity index (χ2v) is 7.40. The fourth-order valence-corrected chi connectivity index (χ4v) is 4.15. The van der Waals surface area contributed by atoms with Crippen LogP contribution in [0.25, 0.3) is 0 Å². The molecule has 0 aliphatic carbocycles. The number of anilines is 1. The molecule has 152 valence electrons. The molecule has 0 saturated heterocycles. The number of benzene rings is 2. The predicted molar refractivity (Wildman–Crippen MR) is 111 cm³/mol. The molecule has 0 N–H and O–H groups in total. The number of rotatable bonds is 7. The summed E-state index contributed by atoms with van der Waals surface area (Å²) in [5.74, 6) is -4.22. The van der Waals surface area contributed by atoms with Crippen LogP contribution in [0.4, 0.5) is 5.69 Å². The monoisotopic (exact) mass is 459 g/mol. The zero-order valence-corrected chi connectivity index (χ0v) is 17.8. The lowest BCUT2D eigenvalue weighted by molar-refractivity contribution is -0.164. The number of halogens is 1. The van der Waals surface area contributed by atoms with Gasteiger partial charge in [-0.25, -0.2) is 0 Å². The van der Waals surface area contributed by atoms with Crippen LogP contribution in [0.1, 0.15) is 30.9 Å². The van der Waals surface area contributed by atoms with Gasteiger partial charge >= 0.3 is 11.9 Å². The SMILES string of the molecule is CCOC(=O)C(C(=O)OCC)C1C(=O)N(Cc2ccccc2)c2cccc(Br)c21. The van der Waals surface area contributed by atoms with E-state index in [1.165, 1.54) is 0 Å². The fraction of sp³-hybridized carbons (Fsp3) is 0.318. The van der Waals surface area contributed by atoms with Crippen molar-refractivity contribution in [3.63, 3.8) is 0 Å². The average Bonchev–Trinajstić information content (AvgIpc) is 2.97. The summed E-state index contributed by atoms with van der Waals surface area (Å²) in [5.41, 5.74) is 2.20. The van der Waals surface area contributed by atoms with E-state index in [4.69, 9.17) is 9.47 Å². The molecule has 0 radical (unpaired) electrons. The quantitative estimate of drug-likeness (QED) is 0.464. The first kappa shape index (κ1) is 21.0. The van der Waals surface area contributed by atoms with Crippen LogP contribution < -0.4 is 4.90 Å². The molecule has 0 aromatic heterocycles. The van der Waals surface area contributed by atoms with E-state index < -0.39 is 23.8 Å². The first-order chi connectivity index (χ1) is 14.0. The van der Waals surface area contributed by atoms with Crippen molar-refractivity contribution >= 4 is 39.5 Å². The molecule has 1 atom stereocenters. The van der Waals surface area contributed by atoms with Gasteiger partial charge in [0.2, 0.25) is 5.91 Å². The maximum absolute atomic E-state index is 13.5. The van der Waals surface area contributed by atoms with Crippen LogP contribution in [0.2, 0.25) is 0 Å². The number of carbonyl (C=O) groups is 3. The second kappa shape index (κ2) is 9.22. The van der Waals surface area contributed by atoms with Crippen molar-refractivity contribution in [2.45, 2.75) is 26.3 Å². The molecule has 6 nitrogen and oxygen atoms in total. The Morgan fingerprint density at radius 2 is 1.62 bits per heavy atom. The summed E-state index contributed by atoms with van der Waals surface area (Å²) in [4.78, 5) is 40.4. The molecule has 0 spiro atoms. The topological polar surface area (TPSA) is 72.9 Å². The van der Waals surface area contributed by atoms with Crippen molar-refractivity contribution in [3.05, 3.63) is 64.1 Å². The van der Waals surface area contributed by atoms with E-state index >= 15 is 0 Å². The van der Waals surface area contributed by atoms with Gasteiger partial charge in [-0.3, -0.25) is 14.4 Å². The average molecular weight is 460 g/mol. The Kier molecular flexibility index (Phi) is 6.69. The number of carbonyl (C=O) groups excluding carboxylic acids is 3. The van der Waals surface area contributed by atoms with Crippen molar-refractivity contribution in [1.29, 1.82) is 0 Å². The highest BCUT2D eigenvalue weighted by atomic mass is 79.9. The minimum Gasteiger partial charge on any atom is -0.465 e. The Balaban J connectivity index is 2.07. The largest absolute Gasteiger partial charge is 0.465 e. The first-order valence-corrected chi connectivity index (χ1v) is 10.3. The Morgan fingerprint density at radius 1 is 1.00 bits per heavy atom. The zero-order chi connectivity index (χ0) is 21.0. The molecule has 2 aromatic carbocycles. The molecule has 1 aliphatic rings. The molecule has 0 fully saturated rings. The Labute approximate surface area is 177 Å². The summed E-state index contributed by atoms with van der Waals surface area (Å²) < 4.78 is 10.9. The Morgan fingerprint density at radius 3 is 2.21 bits per heavy atom. The lowest BCUT2D eigenvalue weighted by Crippen LogP contribution is -2.39.